The molecular weight excluding hydrogens is 472 g/mol. The van der Waals surface area contributed by atoms with Gasteiger partial charge in [-0.15, -0.1) is 0 Å². The summed E-state index contributed by atoms with van der Waals surface area (Å²) in [6, 6.07) is 8.96. The van der Waals surface area contributed by atoms with E-state index in [0.717, 1.165) is 10.8 Å². The molecule has 0 bridgehead atoms. The molecule has 2 heterocycles. The number of nitro benzene ring substituents is 1. The lowest BCUT2D eigenvalue weighted by Crippen LogP contribution is -2.31. The zero-order valence-corrected chi connectivity index (χ0v) is 19.6. The zero-order valence-electron chi connectivity index (χ0n) is 19.6. The van der Waals surface area contributed by atoms with E-state index in [1.165, 1.54) is 34.4 Å². The fourth-order valence-corrected chi connectivity index (χ4v) is 4.03. The molecule has 0 atom stereocenters. The van der Waals surface area contributed by atoms with E-state index in [1.54, 1.807) is 32.0 Å². The van der Waals surface area contributed by atoms with Crippen molar-refractivity contribution in [3.05, 3.63) is 83.4 Å². The first kappa shape index (κ1) is 24.2. The number of nitro groups is 1. The SMILES string of the molecule is CCn1c(=O)n(CC)c2cc([N+](=O)[O-])c(N=Cc3c(O)n(-c4ccccc4OC)c(=O)[nH]c3=O)cc21. The predicted octanol–water partition coefficient (Wildman–Crippen LogP) is 2.05. The second kappa shape index (κ2) is 9.37. The molecule has 0 amide bonds. The number of aliphatic imine (C=N–C) groups is 1. The second-order valence-electron chi connectivity index (χ2n) is 7.62. The number of benzene rings is 2. The minimum atomic E-state index is -0.946. The largest absolute Gasteiger partial charge is 0.495 e. The summed E-state index contributed by atoms with van der Waals surface area (Å²) in [5.41, 5.74) is -2.16. The minimum absolute atomic E-state index is 0.142. The van der Waals surface area contributed by atoms with E-state index in [9.17, 15) is 29.6 Å². The van der Waals surface area contributed by atoms with E-state index in [-0.39, 0.29) is 22.8 Å². The Hall–Kier alpha value is -4.94. The van der Waals surface area contributed by atoms with Crippen LogP contribution in [0.15, 0.2) is 55.8 Å². The van der Waals surface area contributed by atoms with Crippen LogP contribution in [0.3, 0.4) is 0 Å². The van der Waals surface area contributed by atoms with E-state index < -0.39 is 33.3 Å². The molecule has 36 heavy (non-hydrogen) atoms. The first-order valence-electron chi connectivity index (χ1n) is 10.9. The van der Waals surface area contributed by atoms with E-state index in [1.807, 2.05) is 0 Å². The molecule has 0 saturated heterocycles. The summed E-state index contributed by atoms with van der Waals surface area (Å²) in [7, 11) is 1.38. The third kappa shape index (κ3) is 3.85. The highest BCUT2D eigenvalue weighted by Crippen LogP contribution is 2.33. The first-order chi connectivity index (χ1) is 17.2. The molecule has 0 saturated carbocycles. The van der Waals surface area contributed by atoms with Crippen LogP contribution in [0, 0.1) is 10.1 Å². The van der Waals surface area contributed by atoms with Crippen LogP contribution >= 0.6 is 0 Å². The number of hydrogen-bond acceptors (Lipinski definition) is 8. The molecule has 0 aliphatic heterocycles. The molecular formula is C23H22N6O7. The van der Waals surface area contributed by atoms with Crippen molar-refractivity contribution >= 4 is 28.6 Å². The van der Waals surface area contributed by atoms with Crippen molar-refractivity contribution in [2.75, 3.05) is 7.11 Å². The third-order valence-electron chi connectivity index (χ3n) is 5.72. The zero-order chi connectivity index (χ0) is 26.1. The average molecular weight is 494 g/mol. The van der Waals surface area contributed by atoms with Gasteiger partial charge in [0.1, 0.15) is 17.0 Å². The van der Waals surface area contributed by atoms with Crippen LogP contribution in [0.4, 0.5) is 11.4 Å². The minimum Gasteiger partial charge on any atom is -0.495 e. The summed E-state index contributed by atoms with van der Waals surface area (Å²) in [5, 5.41) is 22.6. The standard InChI is InChI=1S/C23H22N6O7/c1-4-26-17-10-14(16(29(34)35)11-18(17)27(5-2)23(26)33)24-12-13-20(30)25-22(32)28(21(13)31)15-8-6-7-9-19(15)36-3/h6-12,31H,4-5H2,1-3H3,(H,25,30,32). The van der Waals surface area contributed by atoms with Gasteiger partial charge in [0, 0.05) is 25.4 Å². The van der Waals surface area contributed by atoms with Gasteiger partial charge in [-0.25, -0.2) is 19.1 Å². The maximum Gasteiger partial charge on any atom is 0.335 e. The van der Waals surface area contributed by atoms with Crippen molar-refractivity contribution < 1.29 is 14.8 Å². The van der Waals surface area contributed by atoms with Gasteiger partial charge in [0.05, 0.1) is 28.8 Å². The van der Waals surface area contributed by atoms with Crippen LogP contribution in [0.5, 0.6) is 11.6 Å². The van der Waals surface area contributed by atoms with Gasteiger partial charge in [-0.3, -0.25) is 29.0 Å². The summed E-state index contributed by atoms with van der Waals surface area (Å²) in [5.74, 6) is -0.479. The Labute approximate surface area is 202 Å². The van der Waals surface area contributed by atoms with Gasteiger partial charge in [0.2, 0.25) is 5.88 Å². The van der Waals surface area contributed by atoms with Crippen LogP contribution in [-0.2, 0) is 13.1 Å². The van der Waals surface area contributed by atoms with Crippen molar-refractivity contribution in [2.45, 2.75) is 26.9 Å². The fourth-order valence-electron chi connectivity index (χ4n) is 4.03. The Bertz CT molecular complexity index is 1710. The van der Waals surface area contributed by atoms with Gasteiger partial charge < -0.3 is 9.84 Å². The van der Waals surface area contributed by atoms with E-state index in [4.69, 9.17) is 4.74 Å². The molecule has 2 aromatic carbocycles. The molecule has 2 aromatic heterocycles. The molecule has 13 nitrogen and oxygen atoms in total. The Kier molecular flexibility index (Phi) is 6.29. The molecule has 4 aromatic rings. The summed E-state index contributed by atoms with van der Waals surface area (Å²) in [6.45, 7) is 4.16. The number of nitrogens with zero attached hydrogens (tertiary/aromatic N) is 5. The highest BCUT2D eigenvalue weighted by Gasteiger charge is 2.21. The lowest BCUT2D eigenvalue weighted by Gasteiger charge is -2.12. The smallest absolute Gasteiger partial charge is 0.335 e. The van der Waals surface area contributed by atoms with Crippen LogP contribution < -0.4 is 21.7 Å². The number of rotatable bonds is 7. The number of ether oxygens (including phenoxy) is 1. The molecule has 0 aliphatic rings. The number of aromatic amines is 1. The maximum atomic E-state index is 12.7. The third-order valence-corrected chi connectivity index (χ3v) is 5.72. The molecule has 186 valence electrons. The molecule has 2 N–H and O–H groups in total. The van der Waals surface area contributed by atoms with Crippen molar-refractivity contribution in [2.24, 2.45) is 4.99 Å². The van der Waals surface area contributed by atoms with Crippen molar-refractivity contribution in [3.63, 3.8) is 0 Å². The van der Waals surface area contributed by atoms with Gasteiger partial charge in [-0.05, 0) is 32.0 Å². The molecule has 0 spiro atoms. The second-order valence-corrected chi connectivity index (χ2v) is 7.62. The van der Waals surface area contributed by atoms with Gasteiger partial charge in [-0.1, -0.05) is 12.1 Å². The highest BCUT2D eigenvalue weighted by atomic mass is 16.6. The number of aromatic nitrogens is 4. The van der Waals surface area contributed by atoms with E-state index >= 15 is 0 Å². The van der Waals surface area contributed by atoms with Crippen LogP contribution in [0.2, 0.25) is 0 Å². The molecule has 4 rings (SSSR count). The number of hydrogen-bond donors (Lipinski definition) is 2. The Morgan fingerprint density at radius 1 is 1.11 bits per heavy atom. The van der Waals surface area contributed by atoms with Crippen molar-refractivity contribution in [1.82, 2.24) is 18.7 Å². The highest BCUT2D eigenvalue weighted by molar-refractivity contribution is 5.89. The number of aromatic hydroxyl groups is 1. The summed E-state index contributed by atoms with van der Waals surface area (Å²) in [4.78, 5) is 55.0. The van der Waals surface area contributed by atoms with Crippen LogP contribution in [0.25, 0.3) is 16.7 Å². The lowest BCUT2D eigenvalue weighted by molar-refractivity contribution is -0.383. The Morgan fingerprint density at radius 2 is 1.75 bits per heavy atom. The normalized spacial score (nSPS) is 11.4. The number of aryl methyl sites for hydroxylation is 2. The van der Waals surface area contributed by atoms with Crippen LogP contribution in [0.1, 0.15) is 19.4 Å². The molecule has 0 unspecified atom stereocenters. The molecule has 0 aliphatic carbocycles. The lowest BCUT2D eigenvalue weighted by atomic mass is 10.2. The van der Waals surface area contributed by atoms with E-state index in [2.05, 4.69) is 9.98 Å². The number of para-hydroxylation sites is 2. The predicted molar refractivity (Wildman–Crippen MR) is 132 cm³/mol. The molecule has 13 heteroatoms. The summed E-state index contributed by atoms with van der Waals surface area (Å²) in [6.07, 6.45) is 0.929. The summed E-state index contributed by atoms with van der Waals surface area (Å²) < 4.78 is 8.93. The molecule has 0 radical (unpaired) electrons. The summed E-state index contributed by atoms with van der Waals surface area (Å²) >= 11 is 0. The van der Waals surface area contributed by atoms with Crippen LogP contribution in [-0.4, -0.2) is 42.0 Å². The number of fused-ring (bicyclic) bond motifs is 1. The average Bonchev–Trinajstić information content (AvgIpc) is 3.12. The van der Waals surface area contributed by atoms with Gasteiger partial charge in [0.15, 0.2) is 0 Å². The topological polar surface area (TPSA) is 167 Å². The first-order valence-corrected chi connectivity index (χ1v) is 10.9. The Balaban J connectivity index is 1.94. The maximum absolute atomic E-state index is 12.7. The van der Waals surface area contributed by atoms with Gasteiger partial charge in [0.25, 0.3) is 11.2 Å². The fraction of sp³-hybridized carbons (Fsp3) is 0.217. The van der Waals surface area contributed by atoms with Gasteiger partial charge in [-0.2, -0.15) is 0 Å². The van der Waals surface area contributed by atoms with E-state index in [0.29, 0.717) is 24.1 Å². The quantitative estimate of drug-likeness (QED) is 0.225. The number of H-pyrrole nitrogens is 1. The monoisotopic (exact) mass is 494 g/mol. The van der Waals surface area contributed by atoms with Crippen molar-refractivity contribution in [3.8, 4) is 17.3 Å². The van der Waals surface area contributed by atoms with Gasteiger partial charge >= 0.3 is 11.4 Å². The number of imidazole rings is 1. The number of methoxy groups -OCH3 is 1. The molecule has 0 fully saturated rings. The Morgan fingerprint density at radius 3 is 2.36 bits per heavy atom. The van der Waals surface area contributed by atoms with Crippen molar-refractivity contribution in [1.29, 1.82) is 0 Å². The number of nitrogens with one attached hydrogen (secondary N) is 1.